The molecule has 17 heavy (non-hydrogen) atoms. The number of hydrogen-bond acceptors (Lipinski definition) is 4. The molecule has 1 unspecified atom stereocenters. The van der Waals surface area contributed by atoms with Crippen molar-refractivity contribution in [3.8, 4) is 0 Å². The number of nitrogens with zero attached hydrogens (tertiary/aromatic N) is 2. The lowest BCUT2D eigenvalue weighted by Gasteiger charge is -2.12. The van der Waals surface area contributed by atoms with Crippen LogP contribution in [-0.4, -0.2) is 42.3 Å². The highest BCUT2D eigenvalue weighted by Gasteiger charge is 2.12. The summed E-state index contributed by atoms with van der Waals surface area (Å²) in [5.74, 6) is 0.415. The van der Waals surface area contributed by atoms with Crippen LogP contribution in [0.1, 0.15) is 19.4 Å². The molecule has 0 bridgehead atoms. The topological polar surface area (TPSA) is 64.0 Å². The van der Waals surface area contributed by atoms with E-state index in [9.17, 15) is 8.42 Å². The second kappa shape index (κ2) is 6.16. The molecule has 1 rings (SSSR count). The van der Waals surface area contributed by atoms with Crippen LogP contribution in [0.15, 0.2) is 12.4 Å². The summed E-state index contributed by atoms with van der Waals surface area (Å²) in [7, 11) is -1.01. The molecule has 1 aromatic rings. The third-order valence-electron chi connectivity index (χ3n) is 2.61. The fourth-order valence-electron chi connectivity index (χ4n) is 1.62. The highest BCUT2D eigenvalue weighted by atomic mass is 32.2. The lowest BCUT2D eigenvalue weighted by atomic mass is 10.2. The van der Waals surface area contributed by atoms with E-state index in [2.05, 4.69) is 10.4 Å². The molecule has 1 atom stereocenters. The van der Waals surface area contributed by atoms with E-state index < -0.39 is 9.84 Å². The van der Waals surface area contributed by atoms with Gasteiger partial charge in [0.1, 0.15) is 0 Å². The number of hydrogen-bond donors (Lipinski definition) is 1. The summed E-state index contributed by atoms with van der Waals surface area (Å²) in [5, 5.41) is 7.29. The van der Waals surface area contributed by atoms with Gasteiger partial charge in [0.05, 0.1) is 11.9 Å². The minimum absolute atomic E-state index is 0.00313. The van der Waals surface area contributed by atoms with Crippen LogP contribution >= 0.6 is 0 Å². The maximum absolute atomic E-state index is 11.4. The number of nitrogens with one attached hydrogen (secondary N) is 1. The monoisotopic (exact) mass is 259 g/mol. The summed E-state index contributed by atoms with van der Waals surface area (Å²) in [4.78, 5) is 0. The zero-order valence-corrected chi connectivity index (χ0v) is 11.5. The summed E-state index contributed by atoms with van der Waals surface area (Å²) < 4.78 is 24.5. The summed E-state index contributed by atoms with van der Waals surface area (Å²) in [5.41, 5.74) is 1.16. The molecule has 1 heterocycles. The largest absolute Gasteiger partial charge is 0.313 e. The summed E-state index contributed by atoms with van der Waals surface area (Å²) >= 11 is 0. The van der Waals surface area contributed by atoms with Gasteiger partial charge < -0.3 is 5.32 Å². The van der Waals surface area contributed by atoms with Crippen LogP contribution in [0.4, 0.5) is 0 Å². The number of rotatable bonds is 7. The Kier molecular flexibility index (Phi) is 5.14. The number of aryl methyl sites for hydroxylation is 1. The van der Waals surface area contributed by atoms with Crippen molar-refractivity contribution in [2.24, 2.45) is 7.05 Å². The van der Waals surface area contributed by atoms with Gasteiger partial charge in [0.25, 0.3) is 0 Å². The van der Waals surface area contributed by atoms with Crippen molar-refractivity contribution in [1.82, 2.24) is 15.1 Å². The van der Waals surface area contributed by atoms with Crippen molar-refractivity contribution in [1.29, 1.82) is 0 Å². The minimum atomic E-state index is -2.89. The number of sulfone groups is 1. The standard InChI is InChI=1S/C11H21N3O2S/c1-4-17(15,16)9-10(2)12-6-5-11-7-13-14(3)8-11/h7-8,10,12H,4-6,9H2,1-3H3. The van der Waals surface area contributed by atoms with Crippen molar-refractivity contribution < 1.29 is 8.42 Å². The van der Waals surface area contributed by atoms with Crippen LogP contribution in [0.3, 0.4) is 0 Å². The van der Waals surface area contributed by atoms with E-state index in [-0.39, 0.29) is 17.5 Å². The van der Waals surface area contributed by atoms with Crippen LogP contribution in [0.25, 0.3) is 0 Å². The van der Waals surface area contributed by atoms with Gasteiger partial charge in [-0.15, -0.1) is 0 Å². The van der Waals surface area contributed by atoms with E-state index in [1.54, 1.807) is 11.6 Å². The maximum Gasteiger partial charge on any atom is 0.151 e. The van der Waals surface area contributed by atoms with E-state index in [0.717, 1.165) is 18.5 Å². The van der Waals surface area contributed by atoms with E-state index in [1.165, 1.54) is 0 Å². The Morgan fingerprint density at radius 3 is 2.76 bits per heavy atom. The van der Waals surface area contributed by atoms with Crippen LogP contribution < -0.4 is 5.32 Å². The first kappa shape index (κ1) is 14.2. The van der Waals surface area contributed by atoms with Crippen LogP contribution in [-0.2, 0) is 23.3 Å². The molecule has 1 N–H and O–H groups in total. The Morgan fingerprint density at radius 1 is 1.53 bits per heavy atom. The molecule has 0 aliphatic carbocycles. The molecule has 0 radical (unpaired) electrons. The van der Waals surface area contributed by atoms with Gasteiger partial charge in [-0.3, -0.25) is 4.68 Å². The predicted octanol–water partition coefficient (Wildman–Crippen LogP) is 0.375. The zero-order chi connectivity index (χ0) is 12.9. The van der Waals surface area contributed by atoms with Gasteiger partial charge in [-0.05, 0) is 25.5 Å². The average molecular weight is 259 g/mol. The van der Waals surface area contributed by atoms with Crippen molar-refractivity contribution in [2.75, 3.05) is 18.1 Å². The molecule has 0 aromatic carbocycles. The molecule has 0 aliphatic heterocycles. The summed E-state index contributed by atoms with van der Waals surface area (Å²) in [6.45, 7) is 4.35. The SMILES string of the molecule is CCS(=O)(=O)CC(C)NCCc1cnn(C)c1. The van der Waals surface area contributed by atoms with Gasteiger partial charge in [-0.25, -0.2) is 8.42 Å². The Balaban J connectivity index is 2.27. The predicted molar refractivity (Wildman–Crippen MR) is 68.7 cm³/mol. The van der Waals surface area contributed by atoms with Crippen LogP contribution in [0, 0.1) is 0 Å². The first-order chi connectivity index (χ1) is 7.93. The van der Waals surface area contributed by atoms with Gasteiger partial charge in [-0.1, -0.05) is 6.92 Å². The molecule has 0 saturated heterocycles. The molecule has 0 aliphatic rings. The third kappa shape index (κ3) is 5.32. The summed E-state index contributed by atoms with van der Waals surface area (Å²) in [6.07, 6.45) is 4.66. The summed E-state index contributed by atoms with van der Waals surface area (Å²) in [6, 6.07) is -0.00313. The Morgan fingerprint density at radius 2 is 2.24 bits per heavy atom. The molecule has 0 fully saturated rings. The normalized spacial score (nSPS) is 13.8. The van der Waals surface area contributed by atoms with Crippen molar-refractivity contribution in [3.63, 3.8) is 0 Å². The van der Waals surface area contributed by atoms with Gasteiger partial charge in [0.15, 0.2) is 9.84 Å². The molecular weight excluding hydrogens is 238 g/mol. The quantitative estimate of drug-likeness (QED) is 0.768. The van der Waals surface area contributed by atoms with Crippen molar-refractivity contribution in [2.45, 2.75) is 26.3 Å². The lowest BCUT2D eigenvalue weighted by molar-refractivity contribution is 0.559. The molecule has 0 saturated carbocycles. The Labute approximate surface area is 103 Å². The molecule has 5 nitrogen and oxygen atoms in total. The lowest BCUT2D eigenvalue weighted by Crippen LogP contribution is -2.34. The average Bonchev–Trinajstić information content (AvgIpc) is 2.63. The van der Waals surface area contributed by atoms with Crippen LogP contribution in [0.2, 0.25) is 0 Å². The van der Waals surface area contributed by atoms with Crippen LogP contribution in [0.5, 0.6) is 0 Å². The van der Waals surface area contributed by atoms with Gasteiger partial charge in [0, 0.05) is 25.0 Å². The van der Waals surface area contributed by atoms with Crippen molar-refractivity contribution in [3.05, 3.63) is 18.0 Å². The van der Waals surface area contributed by atoms with E-state index in [4.69, 9.17) is 0 Å². The maximum atomic E-state index is 11.4. The first-order valence-electron chi connectivity index (χ1n) is 5.84. The second-order valence-electron chi connectivity index (χ2n) is 4.33. The first-order valence-corrected chi connectivity index (χ1v) is 7.66. The molecular formula is C11H21N3O2S. The molecule has 0 spiro atoms. The van der Waals surface area contributed by atoms with E-state index in [0.29, 0.717) is 0 Å². The van der Waals surface area contributed by atoms with E-state index >= 15 is 0 Å². The van der Waals surface area contributed by atoms with Gasteiger partial charge in [0.2, 0.25) is 0 Å². The minimum Gasteiger partial charge on any atom is -0.313 e. The Bertz CT molecular complexity index is 439. The molecule has 6 heteroatoms. The van der Waals surface area contributed by atoms with E-state index in [1.807, 2.05) is 26.4 Å². The molecule has 98 valence electrons. The Hall–Kier alpha value is -0.880. The highest BCUT2D eigenvalue weighted by Crippen LogP contribution is 1.98. The van der Waals surface area contributed by atoms with Gasteiger partial charge in [-0.2, -0.15) is 5.10 Å². The number of aromatic nitrogens is 2. The fraction of sp³-hybridized carbons (Fsp3) is 0.727. The third-order valence-corrected chi connectivity index (χ3v) is 4.50. The zero-order valence-electron chi connectivity index (χ0n) is 10.7. The highest BCUT2D eigenvalue weighted by molar-refractivity contribution is 7.91. The smallest absolute Gasteiger partial charge is 0.151 e. The second-order valence-corrected chi connectivity index (χ2v) is 6.72. The molecule has 1 aromatic heterocycles. The van der Waals surface area contributed by atoms with Gasteiger partial charge >= 0.3 is 0 Å². The molecule has 0 amide bonds. The van der Waals surface area contributed by atoms with Crippen molar-refractivity contribution >= 4 is 9.84 Å². The fourth-order valence-corrected chi connectivity index (χ4v) is 2.74.